The topological polar surface area (TPSA) is 69.0 Å². The van der Waals surface area contributed by atoms with E-state index in [4.69, 9.17) is 4.74 Å². The van der Waals surface area contributed by atoms with E-state index >= 15 is 0 Å². The van der Waals surface area contributed by atoms with Crippen LogP contribution in [0.2, 0.25) is 0 Å². The van der Waals surface area contributed by atoms with Gasteiger partial charge in [0.05, 0.1) is 17.9 Å². The molecule has 0 spiro atoms. The first-order valence-electron chi connectivity index (χ1n) is 9.00. The number of amides is 1. The Labute approximate surface area is 175 Å². The summed E-state index contributed by atoms with van der Waals surface area (Å²) in [6, 6.07) is 11.9. The third-order valence-corrected chi connectivity index (χ3v) is 5.08. The number of hydrogen-bond acceptors (Lipinski definition) is 5. The minimum atomic E-state index is -4.47. The van der Waals surface area contributed by atoms with Crippen LogP contribution in [0.25, 0.3) is 11.4 Å². The van der Waals surface area contributed by atoms with Crippen molar-refractivity contribution in [2.75, 3.05) is 17.7 Å². The van der Waals surface area contributed by atoms with E-state index in [1.165, 1.54) is 12.1 Å². The van der Waals surface area contributed by atoms with E-state index in [0.717, 1.165) is 35.2 Å². The van der Waals surface area contributed by atoms with Crippen molar-refractivity contribution in [3.8, 4) is 17.1 Å². The molecule has 3 aromatic rings. The first kappa shape index (κ1) is 21.7. The van der Waals surface area contributed by atoms with Crippen molar-refractivity contribution in [1.82, 2.24) is 14.8 Å². The minimum Gasteiger partial charge on any atom is -0.494 e. The fraction of sp³-hybridized carbons (Fsp3) is 0.250. The van der Waals surface area contributed by atoms with Gasteiger partial charge in [0.1, 0.15) is 5.75 Å². The molecule has 0 saturated heterocycles. The van der Waals surface area contributed by atoms with Crippen LogP contribution in [0.4, 0.5) is 18.9 Å². The van der Waals surface area contributed by atoms with Crippen LogP contribution in [-0.2, 0) is 18.0 Å². The number of carbonyl (C=O) groups is 1. The normalized spacial score (nSPS) is 11.4. The molecule has 0 aliphatic carbocycles. The van der Waals surface area contributed by atoms with Crippen LogP contribution < -0.4 is 10.1 Å². The van der Waals surface area contributed by atoms with Gasteiger partial charge in [-0.05, 0) is 49.4 Å². The molecule has 1 aromatic heterocycles. The molecular formula is C20H19F3N4O2S. The number of benzene rings is 2. The molecule has 0 bridgehead atoms. The van der Waals surface area contributed by atoms with Gasteiger partial charge in [0.2, 0.25) is 5.91 Å². The van der Waals surface area contributed by atoms with E-state index in [0.29, 0.717) is 17.6 Å². The van der Waals surface area contributed by atoms with Crippen LogP contribution in [0.3, 0.4) is 0 Å². The van der Waals surface area contributed by atoms with Crippen LogP contribution in [0, 0.1) is 0 Å². The Hall–Kier alpha value is -3.01. The highest BCUT2D eigenvalue weighted by molar-refractivity contribution is 7.99. The molecule has 10 heteroatoms. The fourth-order valence-electron chi connectivity index (χ4n) is 2.66. The van der Waals surface area contributed by atoms with E-state index in [1.54, 1.807) is 11.6 Å². The lowest BCUT2D eigenvalue weighted by Crippen LogP contribution is -2.15. The van der Waals surface area contributed by atoms with E-state index < -0.39 is 17.6 Å². The quantitative estimate of drug-likeness (QED) is 0.547. The van der Waals surface area contributed by atoms with Crippen LogP contribution in [0.15, 0.2) is 53.7 Å². The Kier molecular flexibility index (Phi) is 6.66. The third kappa shape index (κ3) is 5.32. The lowest BCUT2D eigenvalue weighted by atomic mass is 10.2. The molecule has 6 nitrogen and oxygen atoms in total. The number of nitrogens with zero attached hydrogens (tertiary/aromatic N) is 3. The zero-order chi connectivity index (χ0) is 21.7. The summed E-state index contributed by atoms with van der Waals surface area (Å²) in [5, 5.41) is 11.2. The van der Waals surface area contributed by atoms with Crippen LogP contribution >= 0.6 is 11.8 Å². The van der Waals surface area contributed by atoms with Gasteiger partial charge >= 0.3 is 6.18 Å². The van der Waals surface area contributed by atoms with E-state index in [1.807, 2.05) is 31.2 Å². The summed E-state index contributed by atoms with van der Waals surface area (Å²) in [6.45, 7) is 2.48. The summed E-state index contributed by atoms with van der Waals surface area (Å²) in [4.78, 5) is 12.1. The molecule has 0 unspecified atom stereocenters. The summed E-state index contributed by atoms with van der Waals surface area (Å²) in [5.41, 5.74) is 0.110. The molecule has 0 atom stereocenters. The molecule has 158 valence electrons. The van der Waals surface area contributed by atoms with Gasteiger partial charge in [0.25, 0.3) is 0 Å². The summed E-state index contributed by atoms with van der Waals surface area (Å²) >= 11 is 1.14. The lowest BCUT2D eigenvalue weighted by Gasteiger charge is -2.10. The predicted octanol–water partition coefficient (Wildman–Crippen LogP) is 4.63. The first-order valence-corrected chi connectivity index (χ1v) is 9.99. The number of carbonyl (C=O) groups excluding carboxylic acids is 1. The maximum atomic E-state index is 12.8. The highest BCUT2D eigenvalue weighted by Gasteiger charge is 2.30. The smallest absolute Gasteiger partial charge is 0.416 e. The first-order chi connectivity index (χ1) is 14.3. The lowest BCUT2D eigenvalue weighted by molar-refractivity contribution is -0.137. The Morgan fingerprint density at radius 1 is 1.17 bits per heavy atom. The molecule has 0 aliphatic heterocycles. The second-order valence-electron chi connectivity index (χ2n) is 6.24. The van der Waals surface area contributed by atoms with Crippen LogP contribution in [0.5, 0.6) is 5.75 Å². The molecule has 1 N–H and O–H groups in total. The standard InChI is InChI=1S/C20H19F3N4O2S/c1-3-29-16-9-7-13(8-10-16)18-25-26-19(27(18)2)30-12-17(28)24-15-6-4-5-14(11-15)20(21,22)23/h4-11H,3,12H2,1-2H3,(H,24,28). The number of halogens is 3. The molecular weight excluding hydrogens is 417 g/mol. The summed E-state index contributed by atoms with van der Waals surface area (Å²) < 4.78 is 45.5. The SMILES string of the molecule is CCOc1ccc(-c2nnc(SCC(=O)Nc3cccc(C(F)(F)F)c3)n2C)cc1. The molecule has 2 aromatic carbocycles. The number of nitrogens with one attached hydrogen (secondary N) is 1. The molecule has 3 rings (SSSR count). The van der Waals surface area contributed by atoms with E-state index in [9.17, 15) is 18.0 Å². The average Bonchev–Trinajstić information content (AvgIpc) is 3.07. The number of anilines is 1. The largest absolute Gasteiger partial charge is 0.494 e. The van der Waals surface area contributed by atoms with Crippen LogP contribution in [-0.4, -0.2) is 33.0 Å². The summed E-state index contributed by atoms with van der Waals surface area (Å²) in [6.07, 6.45) is -4.47. The monoisotopic (exact) mass is 436 g/mol. The second-order valence-corrected chi connectivity index (χ2v) is 7.18. The molecule has 0 aliphatic rings. The number of ether oxygens (including phenoxy) is 1. The van der Waals surface area contributed by atoms with Crippen molar-refractivity contribution < 1.29 is 22.7 Å². The van der Waals surface area contributed by atoms with Gasteiger partial charge in [-0.1, -0.05) is 17.8 Å². The molecule has 1 amide bonds. The van der Waals surface area contributed by atoms with E-state index in [-0.39, 0.29) is 11.4 Å². The molecule has 30 heavy (non-hydrogen) atoms. The van der Waals surface area contributed by atoms with Crippen molar-refractivity contribution >= 4 is 23.4 Å². The number of rotatable bonds is 7. The Morgan fingerprint density at radius 2 is 1.90 bits per heavy atom. The van der Waals surface area contributed by atoms with E-state index in [2.05, 4.69) is 15.5 Å². The predicted molar refractivity (Wildman–Crippen MR) is 108 cm³/mol. The maximum Gasteiger partial charge on any atom is 0.416 e. The van der Waals surface area contributed by atoms with Gasteiger partial charge in [0, 0.05) is 18.3 Å². The highest BCUT2D eigenvalue weighted by Crippen LogP contribution is 2.31. The van der Waals surface area contributed by atoms with Crippen molar-refractivity contribution in [1.29, 1.82) is 0 Å². The number of hydrogen-bond donors (Lipinski definition) is 1. The molecule has 0 saturated carbocycles. The number of thioether (sulfide) groups is 1. The van der Waals surface area contributed by atoms with Crippen molar-refractivity contribution in [3.05, 3.63) is 54.1 Å². The minimum absolute atomic E-state index is 0.0223. The maximum absolute atomic E-state index is 12.8. The average molecular weight is 436 g/mol. The van der Waals surface area contributed by atoms with Crippen LogP contribution in [0.1, 0.15) is 12.5 Å². The summed E-state index contributed by atoms with van der Waals surface area (Å²) in [7, 11) is 1.78. The Morgan fingerprint density at radius 3 is 2.57 bits per heavy atom. The number of aromatic nitrogens is 3. The van der Waals surface area contributed by atoms with Gasteiger partial charge in [-0.3, -0.25) is 4.79 Å². The van der Waals surface area contributed by atoms with Gasteiger partial charge in [-0.2, -0.15) is 13.2 Å². The molecule has 0 radical (unpaired) electrons. The zero-order valence-corrected chi connectivity index (χ0v) is 17.0. The van der Waals surface area contributed by atoms with Crippen molar-refractivity contribution in [3.63, 3.8) is 0 Å². The zero-order valence-electron chi connectivity index (χ0n) is 16.2. The fourth-order valence-corrected chi connectivity index (χ4v) is 3.37. The third-order valence-electron chi connectivity index (χ3n) is 4.06. The highest BCUT2D eigenvalue weighted by atomic mass is 32.2. The molecule has 1 heterocycles. The van der Waals surface area contributed by atoms with Gasteiger partial charge < -0.3 is 14.6 Å². The second kappa shape index (κ2) is 9.21. The van der Waals surface area contributed by atoms with Gasteiger partial charge in [-0.25, -0.2) is 0 Å². The Bertz CT molecular complexity index is 1020. The van der Waals surface area contributed by atoms with Gasteiger partial charge in [0.15, 0.2) is 11.0 Å². The van der Waals surface area contributed by atoms with Crippen molar-refractivity contribution in [2.45, 2.75) is 18.3 Å². The Balaban J connectivity index is 1.62. The van der Waals surface area contributed by atoms with Gasteiger partial charge in [-0.15, -0.1) is 10.2 Å². The molecule has 0 fully saturated rings. The number of alkyl halides is 3. The summed E-state index contributed by atoms with van der Waals surface area (Å²) in [5.74, 6) is 0.916. The van der Waals surface area contributed by atoms with Crippen molar-refractivity contribution in [2.24, 2.45) is 7.05 Å².